The van der Waals surface area contributed by atoms with Crippen molar-refractivity contribution in [2.45, 2.75) is 93.7 Å². The van der Waals surface area contributed by atoms with Gasteiger partial charge in [-0.1, -0.05) is 53.0 Å². The maximum Gasteiger partial charge on any atom is 0.411 e. The standard InChI is InChI=1S/C22H25ClN2O3.C21H23ClN2O3.C20H23ClN2O/c1-25-9-8-14-11-18(23)20(27-2)12-17(14)21-16-6-5-15(24-22(26)28-3)10-13(16)4-7-19(21)25;1-24-8-7-13-10-17(22)19(25)11-16(13)20-15-5-4-14(23-21(26)27-2)9-12(15)3-6-18(20)24;1-23-8-7-13-10-17(21)19(24-2)11-16(13)20-15-5-4-14(22)9-12(15)3-6-18(20)23/h5-6,10-12,19,21H,4,7-9H2,1-3H3,(H,24,26);4-5,9-11,18,20,25H,3,6-8H2,1-2H3,(H,23,26);4-5,9-11,18,20H,3,6-8,22H2,1-2H3/t19-,21+;2*18-,20+/m000/s1. The van der Waals surface area contributed by atoms with Gasteiger partial charge in [0.2, 0.25) is 0 Å². The molecule has 0 radical (unpaired) electrons. The lowest BCUT2D eigenvalue weighted by Crippen LogP contribution is -2.39. The third kappa shape index (κ3) is 11.5. The molecule has 0 saturated carbocycles. The van der Waals surface area contributed by atoms with E-state index in [2.05, 4.69) is 106 Å². The highest BCUT2D eigenvalue weighted by atomic mass is 35.5. The van der Waals surface area contributed by atoms with E-state index < -0.39 is 12.2 Å². The Hall–Kier alpha value is -6.19. The Morgan fingerprint density at radius 2 is 0.835 bits per heavy atom. The number of carbonyl (C=O) groups is 2. The lowest BCUT2D eigenvalue weighted by molar-refractivity contribution is 0.186. The van der Waals surface area contributed by atoms with Gasteiger partial charge in [-0.25, -0.2) is 9.59 Å². The van der Waals surface area contributed by atoms with Gasteiger partial charge >= 0.3 is 12.2 Å². The third-order valence-electron chi connectivity index (χ3n) is 17.5. The average molecular weight is 1130 g/mol. The van der Waals surface area contributed by atoms with Crippen molar-refractivity contribution >= 4 is 64.1 Å². The molecule has 12 rings (SSSR count). The summed E-state index contributed by atoms with van der Waals surface area (Å²) in [5.74, 6) is 2.40. The number of halogens is 3. The highest BCUT2D eigenvalue weighted by Crippen LogP contribution is 2.48. The van der Waals surface area contributed by atoms with E-state index in [1.54, 1.807) is 14.2 Å². The smallest absolute Gasteiger partial charge is 0.411 e. The molecule has 0 fully saturated rings. The molecular formula is C63H71Cl3N6O7. The second-order valence-corrected chi connectivity index (χ2v) is 23.1. The number of rotatable bonds is 4. The van der Waals surface area contributed by atoms with Gasteiger partial charge in [-0.3, -0.25) is 10.6 Å². The van der Waals surface area contributed by atoms with E-state index in [0.717, 1.165) is 112 Å². The van der Waals surface area contributed by atoms with Crippen molar-refractivity contribution < 1.29 is 33.6 Å². The minimum Gasteiger partial charge on any atom is -0.506 e. The molecule has 16 heteroatoms. The van der Waals surface area contributed by atoms with Crippen molar-refractivity contribution in [2.24, 2.45) is 0 Å². The number of ether oxygens (including phenoxy) is 4. The van der Waals surface area contributed by atoms with Crippen molar-refractivity contribution in [3.05, 3.63) is 173 Å². The molecule has 0 spiro atoms. The van der Waals surface area contributed by atoms with Crippen molar-refractivity contribution in [1.82, 2.24) is 14.7 Å². The number of hydrogen-bond acceptors (Lipinski definition) is 11. The number of phenolic OH excluding ortho intramolecular Hbond substituents is 1. The number of nitrogens with one attached hydrogen (secondary N) is 2. The second kappa shape index (κ2) is 23.9. The van der Waals surface area contributed by atoms with Gasteiger partial charge in [0.1, 0.15) is 17.2 Å². The number of amides is 2. The van der Waals surface area contributed by atoms with E-state index in [1.165, 1.54) is 75.4 Å². The zero-order chi connectivity index (χ0) is 55.8. The van der Waals surface area contributed by atoms with Gasteiger partial charge in [-0.15, -0.1) is 0 Å². The van der Waals surface area contributed by atoms with Gasteiger partial charge in [-0.2, -0.15) is 0 Å². The molecule has 3 heterocycles. The Kier molecular flexibility index (Phi) is 17.0. The Bertz CT molecular complexity index is 3280. The predicted octanol–water partition coefficient (Wildman–Crippen LogP) is 12.5. The Morgan fingerprint density at radius 1 is 0.481 bits per heavy atom. The maximum atomic E-state index is 11.6. The summed E-state index contributed by atoms with van der Waals surface area (Å²) >= 11 is 19.0. The van der Waals surface area contributed by atoms with E-state index in [1.807, 2.05) is 36.4 Å². The summed E-state index contributed by atoms with van der Waals surface area (Å²) in [6.45, 7) is 3.03. The number of nitrogens with two attached hydrogens (primary N) is 1. The first-order valence-corrected chi connectivity index (χ1v) is 28.4. The topological polar surface area (TPSA) is 151 Å². The molecule has 6 aromatic rings. The fourth-order valence-corrected chi connectivity index (χ4v) is 14.2. The van der Waals surface area contributed by atoms with Crippen molar-refractivity contribution in [1.29, 1.82) is 0 Å². The number of carbonyl (C=O) groups excluding carboxylic acids is 2. The summed E-state index contributed by atoms with van der Waals surface area (Å²) in [6, 6.07) is 32.1. The van der Waals surface area contributed by atoms with E-state index in [9.17, 15) is 14.7 Å². The Morgan fingerprint density at radius 3 is 1.23 bits per heavy atom. The molecule has 6 atom stereocenters. The Labute approximate surface area is 479 Å². The van der Waals surface area contributed by atoms with Crippen LogP contribution in [0, 0.1) is 0 Å². The number of fused-ring (bicyclic) bond motifs is 15. The number of anilines is 3. The number of benzene rings is 6. The molecule has 6 aliphatic rings. The SMILES string of the molecule is COC(=O)Nc1ccc2c(c1)CC[C@H]1[C@H]2c2cc(O)c(Cl)cc2CCN1C.COC(=O)Nc1ccc2c(c1)CC[C@H]1[C@H]2c2cc(OC)c(Cl)cc2CCN1C.COc1cc2c(cc1Cl)CCN(C)[C@H]1CCc3cc(N)ccc3[C@H]21. The first-order valence-electron chi connectivity index (χ1n) is 27.3. The number of methoxy groups -OCH3 is 4. The summed E-state index contributed by atoms with van der Waals surface area (Å²) in [6.07, 6.45) is 8.26. The minimum absolute atomic E-state index is 0.134. The summed E-state index contributed by atoms with van der Waals surface area (Å²) in [5, 5.41) is 17.5. The van der Waals surface area contributed by atoms with Gasteiger partial charge in [0.25, 0.3) is 0 Å². The van der Waals surface area contributed by atoms with Crippen LogP contribution < -0.4 is 25.8 Å². The van der Waals surface area contributed by atoms with Crippen LogP contribution in [0.1, 0.15) is 104 Å². The van der Waals surface area contributed by atoms with Crippen LogP contribution in [0.3, 0.4) is 0 Å². The van der Waals surface area contributed by atoms with Gasteiger partial charge in [0.15, 0.2) is 0 Å². The summed E-state index contributed by atoms with van der Waals surface area (Å²) in [7, 11) is 12.7. The molecule has 3 aliphatic heterocycles. The van der Waals surface area contributed by atoms with Gasteiger partial charge in [0, 0.05) is 72.6 Å². The highest BCUT2D eigenvalue weighted by Gasteiger charge is 2.40. The van der Waals surface area contributed by atoms with Crippen LogP contribution in [0.4, 0.5) is 26.7 Å². The molecule has 0 unspecified atom stereocenters. The molecule has 416 valence electrons. The van der Waals surface area contributed by atoms with Crippen LogP contribution in [0.15, 0.2) is 91.0 Å². The fourth-order valence-electron chi connectivity index (χ4n) is 13.5. The van der Waals surface area contributed by atoms with Crippen LogP contribution in [0.2, 0.25) is 15.1 Å². The average Bonchev–Trinajstić information content (AvgIpc) is 3.94. The zero-order valence-corrected chi connectivity index (χ0v) is 48.3. The molecule has 6 aromatic carbocycles. The molecule has 0 aromatic heterocycles. The second-order valence-electron chi connectivity index (χ2n) is 21.8. The van der Waals surface area contributed by atoms with Crippen molar-refractivity contribution in [2.75, 3.05) is 85.6 Å². The number of nitrogens with zero attached hydrogens (tertiary/aromatic N) is 3. The van der Waals surface area contributed by atoms with E-state index in [4.69, 9.17) is 54.7 Å². The first kappa shape index (κ1) is 56.1. The summed E-state index contributed by atoms with van der Waals surface area (Å²) < 4.78 is 20.4. The molecule has 3 aliphatic carbocycles. The molecule has 0 saturated heterocycles. The summed E-state index contributed by atoms with van der Waals surface area (Å²) in [4.78, 5) is 30.5. The largest absolute Gasteiger partial charge is 0.506 e. The van der Waals surface area contributed by atoms with E-state index in [-0.39, 0.29) is 17.6 Å². The van der Waals surface area contributed by atoms with Gasteiger partial charge in [0.05, 0.1) is 43.5 Å². The number of aromatic hydroxyl groups is 1. The lowest BCUT2D eigenvalue weighted by atomic mass is 9.74. The van der Waals surface area contributed by atoms with Gasteiger partial charge in [-0.05, 0) is 218 Å². The number of hydrogen-bond donors (Lipinski definition) is 4. The van der Waals surface area contributed by atoms with Crippen LogP contribution in [0.5, 0.6) is 17.2 Å². The number of aryl methyl sites for hydroxylation is 3. The van der Waals surface area contributed by atoms with Gasteiger partial charge < -0.3 is 44.5 Å². The Balaban J connectivity index is 0.000000134. The first-order chi connectivity index (χ1) is 38.1. The lowest BCUT2D eigenvalue weighted by Gasteiger charge is -2.38. The molecule has 79 heavy (non-hydrogen) atoms. The molecular weight excluding hydrogens is 1060 g/mol. The van der Waals surface area contributed by atoms with E-state index >= 15 is 0 Å². The molecule has 2 amide bonds. The molecule has 0 bridgehead atoms. The van der Waals surface area contributed by atoms with E-state index in [0.29, 0.717) is 39.1 Å². The molecule has 5 N–H and O–H groups in total. The molecule has 13 nitrogen and oxygen atoms in total. The predicted molar refractivity (Wildman–Crippen MR) is 316 cm³/mol. The highest BCUT2D eigenvalue weighted by molar-refractivity contribution is 6.32. The maximum absolute atomic E-state index is 11.6. The van der Waals surface area contributed by atoms with Crippen LogP contribution in [-0.4, -0.2) is 119 Å². The van der Waals surface area contributed by atoms with Crippen molar-refractivity contribution in [3.8, 4) is 17.2 Å². The normalized spacial score (nSPS) is 21.7. The fraction of sp³-hybridized carbons (Fsp3) is 0.397. The number of phenols is 1. The van der Waals surface area contributed by atoms with Crippen molar-refractivity contribution in [3.63, 3.8) is 0 Å². The van der Waals surface area contributed by atoms with Crippen LogP contribution >= 0.6 is 34.8 Å². The monoisotopic (exact) mass is 1130 g/mol. The quantitative estimate of drug-likeness (QED) is 0.125. The minimum atomic E-state index is -0.470. The number of likely N-dealkylation sites (N-methyl/N-ethyl adjacent to an activating group) is 3. The number of nitrogen functional groups attached to an aromatic ring is 1. The summed E-state index contributed by atoms with van der Waals surface area (Å²) in [5.41, 5.74) is 23.8. The third-order valence-corrected chi connectivity index (χ3v) is 18.4. The van der Waals surface area contributed by atoms with Crippen LogP contribution in [0.25, 0.3) is 0 Å². The van der Waals surface area contributed by atoms with Crippen LogP contribution in [-0.2, 0) is 48.0 Å². The zero-order valence-electron chi connectivity index (χ0n) is 46.1.